The van der Waals surface area contributed by atoms with Crippen molar-refractivity contribution in [2.75, 3.05) is 0 Å². The van der Waals surface area contributed by atoms with Gasteiger partial charge in [0.25, 0.3) is 5.91 Å². The Hall–Kier alpha value is -3.06. The maximum atomic E-state index is 12.2. The minimum Gasteiger partial charge on any atom is -0.481 e. The molecule has 6 nitrogen and oxygen atoms in total. The van der Waals surface area contributed by atoms with Crippen LogP contribution in [0.15, 0.2) is 71.8 Å². The zero-order chi connectivity index (χ0) is 23.1. The molecule has 0 fully saturated rings. The molecule has 0 saturated carbocycles. The molecule has 0 bridgehead atoms. The van der Waals surface area contributed by atoms with Crippen molar-refractivity contribution in [3.05, 3.63) is 92.9 Å². The summed E-state index contributed by atoms with van der Waals surface area (Å²) in [5.41, 5.74) is 3.29. The van der Waals surface area contributed by atoms with Gasteiger partial charge in [-0.1, -0.05) is 40.9 Å². The Labute approximate surface area is 199 Å². The van der Waals surface area contributed by atoms with Crippen molar-refractivity contribution in [2.24, 2.45) is 5.10 Å². The van der Waals surface area contributed by atoms with Gasteiger partial charge in [0.2, 0.25) is 0 Å². The molecular formula is C23H17Cl3N2O4. The average molecular weight is 492 g/mol. The average Bonchev–Trinajstić information content (AvgIpc) is 2.74. The SMILES string of the molecule is C[C@H](Oc1cccc(Cl)c1)C(=O)N/N=C\c1ccc(OC(=O)c2ccc(Cl)cc2Cl)cc1. The first kappa shape index (κ1) is 23.6. The second-order valence-electron chi connectivity index (χ2n) is 6.53. The molecule has 164 valence electrons. The summed E-state index contributed by atoms with van der Waals surface area (Å²) in [4.78, 5) is 24.4. The van der Waals surface area contributed by atoms with Crippen LogP contribution in [0.25, 0.3) is 0 Å². The van der Waals surface area contributed by atoms with E-state index in [-0.39, 0.29) is 10.6 Å². The van der Waals surface area contributed by atoms with Crippen molar-refractivity contribution in [3.63, 3.8) is 0 Å². The standard InChI is InChI=1S/C23H17Cl3N2O4/c1-14(31-19-4-2-3-16(24)11-19)22(29)28-27-13-15-5-8-18(9-6-15)32-23(30)20-10-7-17(25)12-21(20)26/h2-14H,1H3,(H,28,29)/b27-13-/t14-/m0/s1. The normalized spacial score (nSPS) is 11.8. The number of hydrogen-bond acceptors (Lipinski definition) is 5. The second-order valence-corrected chi connectivity index (χ2v) is 7.81. The first-order chi connectivity index (χ1) is 15.3. The lowest BCUT2D eigenvalue weighted by molar-refractivity contribution is -0.127. The predicted octanol–water partition coefficient (Wildman–Crippen LogP) is 5.78. The maximum Gasteiger partial charge on any atom is 0.345 e. The number of amides is 1. The van der Waals surface area contributed by atoms with E-state index in [0.29, 0.717) is 27.1 Å². The van der Waals surface area contributed by atoms with E-state index in [2.05, 4.69) is 10.5 Å². The van der Waals surface area contributed by atoms with Crippen molar-refractivity contribution in [1.29, 1.82) is 0 Å². The van der Waals surface area contributed by atoms with Gasteiger partial charge in [-0.15, -0.1) is 0 Å². The van der Waals surface area contributed by atoms with Crippen molar-refractivity contribution < 1.29 is 19.1 Å². The van der Waals surface area contributed by atoms with Crippen LogP contribution < -0.4 is 14.9 Å². The summed E-state index contributed by atoms with van der Waals surface area (Å²) in [5, 5.41) is 5.05. The van der Waals surface area contributed by atoms with Crippen LogP contribution in [0.4, 0.5) is 0 Å². The van der Waals surface area contributed by atoms with Gasteiger partial charge in [-0.2, -0.15) is 5.10 Å². The topological polar surface area (TPSA) is 77.0 Å². The number of ether oxygens (including phenoxy) is 2. The molecule has 0 aliphatic rings. The number of hydrogen-bond donors (Lipinski definition) is 1. The van der Waals surface area contributed by atoms with Crippen molar-refractivity contribution >= 4 is 52.9 Å². The number of rotatable bonds is 7. The van der Waals surface area contributed by atoms with Crippen LogP contribution in [0.5, 0.6) is 11.5 Å². The van der Waals surface area contributed by atoms with E-state index in [1.54, 1.807) is 61.5 Å². The molecule has 3 rings (SSSR count). The molecule has 1 amide bonds. The van der Waals surface area contributed by atoms with Gasteiger partial charge in [0, 0.05) is 10.0 Å². The van der Waals surface area contributed by atoms with Crippen LogP contribution in [0.3, 0.4) is 0 Å². The quantitative estimate of drug-likeness (QED) is 0.197. The minimum absolute atomic E-state index is 0.204. The molecule has 32 heavy (non-hydrogen) atoms. The largest absolute Gasteiger partial charge is 0.481 e. The van der Waals surface area contributed by atoms with E-state index >= 15 is 0 Å². The summed E-state index contributed by atoms with van der Waals surface area (Å²) in [6.45, 7) is 1.60. The van der Waals surface area contributed by atoms with Crippen molar-refractivity contribution in [3.8, 4) is 11.5 Å². The molecule has 1 N–H and O–H groups in total. The number of benzene rings is 3. The zero-order valence-electron chi connectivity index (χ0n) is 16.7. The van der Waals surface area contributed by atoms with Gasteiger partial charge in [0.1, 0.15) is 11.5 Å². The van der Waals surface area contributed by atoms with Crippen LogP contribution in [-0.2, 0) is 4.79 Å². The van der Waals surface area contributed by atoms with E-state index in [9.17, 15) is 9.59 Å². The van der Waals surface area contributed by atoms with Gasteiger partial charge in [-0.25, -0.2) is 10.2 Å². The highest BCUT2D eigenvalue weighted by atomic mass is 35.5. The third-order valence-electron chi connectivity index (χ3n) is 4.11. The van der Waals surface area contributed by atoms with Crippen molar-refractivity contribution in [1.82, 2.24) is 5.43 Å². The number of carbonyl (C=O) groups excluding carboxylic acids is 2. The Morgan fingerprint density at radius 3 is 2.34 bits per heavy atom. The fourth-order valence-corrected chi connectivity index (χ4v) is 3.16. The van der Waals surface area contributed by atoms with Crippen LogP contribution in [0.2, 0.25) is 15.1 Å². The molecule has 0 aromatic heterocycles. The van der Waals surface area contributed by atoms with E-state index in [0.717, 1.165) is 0 Å². The number of carbonyl (C=O) groups is 2. The molecule has 0 saturated heterocycles. The highest BCUT2D eigenvalue weighted by Gasteiger charge is 2.14. The smallest absolute Gasteiger partial charge is 0.345 e. The molecule has 0 aliphatic carbocycles. The van der Waals surface area contributed by atoms with E-state index < -0.39 is 18.0 Å². The van der Waals surface area contributed by atoms with Crippen LogP contribution >= 0.6 is 34.8 Å². The number of nitrogens with zero attached hydrogens (tertiary/aromatic N) is 1. The summed E-state index contributed by atoms with van der Waals surface area (Å²) in [6, 6.07) is 17.8. The molecule has 3 aromatic carbocycles. The van der Waals surface area contributed by atoms with Gasteiger partial charge in [-0.05, 0) is 73.2 Å². The van der Waals surface area contributed by atoms with Crippen LogP contribution in [0, 0.1) is 0 Å². The third-order valence-corrected chi connectivity index (χ3v) is 4.89. The van der Waals surface area contributed by atoms with E-state index in [1.807, 2.05) is 0 Å². The highest BCUT2D eigenvalue weighted by Crippen LogP contribution is 2.23. The Bertz CT molecular complexity index is 1150. The highest BCUT2D eigenvalue weighted by molar-refractivity contribution is 6.36. The molecule has 0 heterocycles. The van der Waals surface area contributed by atoms with Gasteiger partial charge >= 0.3 is 5.97 Å². The Morgan fingerprint density at radius 2 is 1.66 bits per heavy atom. The lowest BCUT2D eigenvalue weighted by Gasteiger charge is -2.12. The van der Waals surface area contributed by atoms with Crippen LogP contribution in [-0.4, -0.2) is 24.2 Å². The lowest BCUT2D eigenvalue weighted by atomic mass is 10.2. The number of nitrogens with one attached hydrogen (secondary N) is 1. The minimum atomic E-state index is -0.771. The van der Waals surface area contributed by atoms with Gasteiger partial charge in [-0.3, -0.25) is 4.79 Å². The predicted molar refractivity (Wildman–Crippen MR) is 125 cm³/mol. The summed E-state index contributed by atoms with van der Waals surface area (Å²) in [6.07, 6.45) is 0.679. The zero-order valence-corrected chi connectivity index (χ0v) is 19.0. The molecule has 1 atom stereocenters. The summed E-state index contributed by atoms with van der Waals surface area (Å²) < 4.78 is 10.8. The summed E-state index contributed by atoms with van der Waals surface area (Å²) in [5.74, 6) is -0.222. The second kappa shape index (κ2) is 11.0. The lowest BCUT2D eigenvalue weighted by Crippen LogP contribution is -2.33. The summed E-state index contributed by atoms with van der Waals surface area (Å²) in [7, 11) is 0. The number of halogens is 3. The first-order valence-electron chi connectivity index (χ1n) is 9.34. The van der Waals surface area contributed by atoms with Gasteiger partial charge in [0.05, 0.1) is 16.8 Å². The number of esters is 1. The Kier molecular flexibility index (Phi) is 8.11. The monoisotopic (exact) mass is 490 g/mol. The van der Waals surface area contributed by atoms with Crippen LogP contribution in [0.1, 0.15) is 22.8 Å². The van der Waals surface area contributed by atoms with E-state index in [4.69, 9.17) is 44.3 Å². The Balaban J connectivity index is 1.52. The molecule has 3 aromatic rings. The van der Waals surface area contributed by atoms with E-state index in [1.165, 1.54) is 18.3 Å². The Morgan fingerprint density at radius 1 is 0.938 bits per heavy atom. The molecule has 9 heteroatoms. The molecule has 0 radical (unpaired) electrons. The molecular weight excluding hydrogens is 475 g/mol. The van der Waals surface area contributed by atoms with Gasteiger partial charge < -0.3 is 9.47 Å². The molecule has 0 unspecified atom stereocenters. The maximum absolute atomic E-state index is 12.2. The third kappa shape index (κ3) is 6.72. The van der Waals surface area contributed by atoms with Crippen molar-refractivity contribution in [2.45, 2.75) is 13.0 Å². The summed E-state index contributed by atoms with van der Waals surface area (Å²) >= 11 is 17.8. The first-order valence-corrected chi connectivity index (χ1v) is 10.5. The molecule has 0 aliphatic heterocycles. The fourth-order valence-electron chi connectivity index (χ4n) is 2.50. The fraction of sp³-hybridized carbons (Fsp3) is 0.0870. The number of hydrazone groups is 1. The van der Waals surface area contributed by atoms with Gasteiger partial charge in [0.15, 0.2) is 6.10 Å². The molecule has 0 spiro atoms.